The van der Waals surface area contributed by atoms with Crippen LogP contribution in [0.25, 0.3) is 0 Å². The topological polar surface area (TPSA) is 93.6 Å². The summed E-state index contributed by atoms with van der Waals surface area (Å²) < 4.78 is 39.3. The summed E-state index contributed by atoms with van der Waals surface area (Å²) in [6.07, 6.45) is 0.869. The lowest BCUT2D eigenvalue weighted by Crippen LogP contribution is -2.29. The molecular formula is C11H11FN2O5S. The molecule has 0 spiro atoms. The molecule has 0 radical (unpaired) electrons. The Balaban J connectivity index is 2.38. The SMILES string of the molecule is COC(=O)c1ncccc1N1CC(S(=O)(=O)F)CC1=O. The van der Waals surface area contributed by atoms with Crippen molar-refractivity contribution >= 4 is 27.8 Å². The maximum atomic E-state index is 13.0. The largest absolute Gasteiger partial charge is 0.464 e. The van der Waals surface area contributed by atoms with Crippen LogP contribution in [-0.4, -0.2) is 44.2 Å². The molecule has 0 bridgehead atoms. The number of anilines is 1. The predicted molar refractivity (Wildman–Crippen MR) is 66.4 cm³/mol. The molecule has 1 aliphatic heterocycles. The molecule has 9 heteroatoms. The number of amides is 1. The molecule has 2 rings (SSSR count). The van der Waals surface area contributed by atoms with Crippen molar-refractivity contribution in [2.24, 2.45) is 0 Å². The fraction of sp³-hybridized carbons (Fsp3) is 0.364. The second-order valence-corrected chi connectivity index (χ2v) is 5.79. The predicted octanol–water partition coefficient (Wildman–Crippen LogP) is 0.273. The van der Waals surface area contributed by atoms with Crippen LogP contribution in [0.15, 0.2) is 18.3 Å². The molecule has 1 aromatic rings. The van der Waals surface area contributed by atoms with Crippen LogP contribution < -0.4 is 4.90 Å². The number of pyridine rings is 1. The second-order valence-electron chi connectivity index (χ2n) is 4.17. The quantitative estimate of drug-likeness (QED) is 0.588. The van der Waals surface area contributed by atoms with Crippen LogP contribution in [0, 0.1) is 0 Å². The van der Waals surface area contributed by atoms with Crippen molar-refractivity contribution < 1.29 is 26.6 Å². The Morgan fingerprint density at radius 3 is 2.80 bits per heavy atom. The second kappa shape index (κ2) is 5.16. The Labute approximate surface area is 114 Å². The molecule has 1 fully saturated rings. The lowest BCUT2D eigenvalue weighted by atomic mass is 10.2. The van der Waals surface area contributed by atoms with Gasteiger partial charge in [-0.3, -0.25) is 4.79 Å². The fourth-order valence-electron chi connectivity index (χ4n) is 1.96. The minimum atomic E-state index is -4.81. The number of halogens is 1. The van der Waals surface area contributed by atoms with Gasteiger partial charge < -0.3 is 9.64 Å². The molecule has 2 heterocycles. The zero-order valence-electron chi connectivity index (χ0n) is 10.4. The van der Waals surface area contributed by atoms with Crippen molar-refractivity contribution in [3.05, 3.63) is 24.0 Å². The standard InChI is InChI=1S/C11H11FN2O5S/c1-19-11(16)10-8(3-2-4-13-10)14-6-7(5-9(14)15)20(12,17)18/h2-4,7H,5-6H2,1H3. The van der Waals surface area contributed by atoms with E-state index < -0.39 is 33.8 Å². The van der Waals surface area contributed by atoms with Gasteiger partial charge in [-0.2, -0.15) is 8.42 Å². The summed E-state index contributed by atoms with van der Waals surface area (Å²) >= 11 is 0. The molecule has 20 heavy (non-hydrogen) atoms. The van der Waals surface area contributed by atoms with Gasteiger partial charge in [-0.15, -0.1) is 3.89 Å². The van der Waals surface area contributed by atoms with Gasteiger partial charge in [0.2, 0.25) is 5.91 Å². The highest BCUT2D eigenvalue weighted by molar-refractivity contribution is 7.87. The van der Waals surface area contributed by atoms with Crippen molar-refractivity contribution in [1.29, 1.82) is 0 Å². The van der Waals surface area contributed by atoms with E-state index in [0.29, 0.717) is 0 Å². The molecule has 1 aromatic heterocycles. The van der Waals surface area contributed by atoms with Gasteiger partial charge >= 0.3 is 16.2 Å². The molecule has 1 amide bonds. The van der Waals surface area contributed by atoms with E-state index in [2.05, 4.69) is 9.72 Å². The van der Waals surface area contributed by atoms with Crippen LogP contribution in [0.4, 0.5) is 9.57 Å². The summed E-state index contributed by atoms with van der Waals surface area (Å²) in [6.45, 7) is -0.354. The Bertz CT molecular complexity index is 661. The van der Waals surface area contributed by atoms with E-state index in [1.54, 1.807) is 0 Å². The Hall–Kier alpha value is -2.03. The minimum Gasteiger partial charge on any atom is -0.464 e. The Morgan fingerprint density at radius 2 is 2.25 bits per heavy atom. The first-order chi connectivity index (χ1) is 9.34. The van der Waals surface area contributed by atoms with Crippen LogP contribution in [0.3, 0.4) is 0 Å². The molecule has 0 saturated carbocycles. The highest BCUT2D eigenvalue weighted by atomic mass is 32.3. The van der Waals surface area contributed by atoms with Gasteiger partial charge in [0, 0.05) is 19.2 Å². The summed E-state index contributed by atoms with van der Waals surface area (Å²) in [6, 6.07) is 2.90. The number of methoxy groups -OCH3 is 1. The minimum absolute atomic E-state index is 0.107. The number of hydrogen-bond acceptors (Lipinski definition) is 6. The van der Waals surface area contributed by atoms with Gasteiger partial charge in [0.1, 0.15) is 5.25 Å². The molecule has 0 N–H and O–H groups in total. The van der Waals surface area contributed by atoms with Crippen molar-refractivity contribution in [2.45, 2.75) is 11.7 Å². The third-order valence-electron chi connectivity index (χ3n) is 2.94. The zero-order valence-corrected chi connectivity index (χ0v) is 11.3. The maximum Gasteiger partial charge on any atom is 0.358 e. The summed E-state index contributed by atoms with van der Waals surface area (Å²) in [4.78, 5) is 28.2. The van der Waals surface area contributed by atoms with Crippen molar-refractivity contribution in [1.82, 2.24) is 4.98 Å². The summed E-state index contributed by atoms with van der Waals surface area (Å²) in [5, 5.41) is -1.43. The number of ether oxygens (including phenoxy) is 1. The number of carbonyl (C=O) groups excluding carboxylic acids is 2. The molecule has 1 saturated heterocycles. The van der Waals surface area contributed by atoms with Crippen LogP contribution >= 0.6 is 0 Å². The number of esters is 1. The van der Waals surface area contributed by atoms with Crippen LogP contribution in [-0.2, 0) is 19.8 Å². The van der Waals surface area contributed by atoms with Crippen LogP contribution in [0.2, 0.25) is 0 Å². The van der Waals surface area contributed by atoms with Gasteiger partial charge in [0.25, 0.3) is 0 Å². The molecule has 108 valence electrons. The van der Waals surface area contributed by atoms with Gasteiger partial charge in [0.05, 0.1) is 12.8 Å². The first kappa shape index (κ1) is 14.4. The molecule has 1 aliphatic rings. The van der Waals surface area contributed by atoms with E-state index in [9.17, 15) is 21.9 Å². The van der Waals surface area contributed by atoms with E-state index >= 15 is 0 Å². The van der Waals surface area contributed by atoms with E-state index in [1.807, 2.05) is 0 Å². The van der Waals surface area contributed by atoms with Gasteiger partial charge in [0.15, 0.2) is 5.69 Å². The van der Waals surface area contributed by atoms with E-state index in [0.717, 1.165) is 12.0 Å². The number of carbonyl (C=O) groups is 2. The average Bonchev–Trinajstić information content (AvgIpc) is 2.80. The lowest BCUT2D eigenvalue weighted by molar-refractivity contribution is -0.117. The molecular weight excluding hydrogens is 291 g/mol. The zero-order chi connectivity index (χ0) is 14.9. The molecule has 1 atom stereocenters. The first-order valence-electron chi connectivity index (χ1n) is 5.61. The number of aromatic nitrogens is 1. The van der Waals surface area contributed by atoms with Crippen LogP contribution in [0.1, 0.15) is 16.9 Å². The average molecular weight is 302 g/mol. The van der Waals surface area contributed by atoms with Crippen LogP contribution in [0.5, 0.6) is 0 Å². The van der Waals surface area contributed by atoms with Crippen molar-refractivity contribution in [3.63, 3.8) is 0 Å². The number of rotatable bonds is 3. The van der Waals surface area contributed by atoms with E-state index in [1.165, 1.54) is 18.3 Å². The van der Waals surface area contributed by atoms with Crippen molar-refractivity contribution in [3.8, 4) is 0 Å². The lowest BCUT2D eigenvalue weighted by Gasteiger charge is -2.17. The third-order valence-corrected chi connectivity index (χ3v) is 4.06. The number of nitrogens with zero attached hydrogens (tertiary/aromatic N) is 2. The Kier molecular flexibility index (Phi) is 3.71. The van der Waals surface area contributed by atoms with E-state index in [4.69, 9.17) is 0 Å². The normalized spacial score (nSPS) is 19.2. The third kappa shape index (κ3) is 2.62. The molecule has 0 aliphatic carbocycles. The summed E-state index contributed by atoms with van der Waals surface area (Å²) in [5.41, 5.74) is -0.0178. The monoisotopic (exact) mass is 302 g/mol. The van der Waals surface area contributed by atoms with Crippen molar-refractivity contribution in [2.75, 3.05) is 18.6 Å². The highest BCUT2D eigenvalue weighted by Crippen LogP contribution is 2.27. The van der Waals surface area contributed by atoms with Gasteiger partial charge in [-0.05, 0) is 12.1 Å². The number of hydrogen-bond donors (Lipinski definition) is 0. The Morgan fingerprint density at radius 1 is 1.55 bits per heavy atom. The molecule has 1 unspecified atom stereocenters. The summed E-state index contributed by atoms with van der Waals surface area (Å²) in [7, 11) is -3.66. The van der Waals surface area contributed by atoms with Gasteiger partial charge in [-0.25, -0.2) is 9.78 Å². The first-order valence-corrected chi connectivity index (χ1v) is 7.06. The molecule has 7 nitrogen and oxygen atoms in total. The smallest absolute Gasteiger partial charge is 0.358 e. The summed E-state index contributed by atoms with van der Waals surface area (Å²) in [5.74, 6) is -1.35. The highest BCUT2D eigenvalue weighted by Gasteiger charge is 2.40. The molecule has 0 aromatic carbocycles. The van der Waals surface area contributed by atoms with Gasteiger partial charge in [-0.1, -0.05) is 0 Å². The fourth-order valence-corrected chi connectivity index (χ4v) is 2.63. The van der Waals surface area contributed by atoms with E-state index in [-0.39, 0.29) is 17.9 Å². The maximum absolute atomic E-state index is 13.0.